The predicted molar refractivity (Wildman–Crippen MR) is 69.2 cm³/mol. The molecule has 1 aromatic heterocycles. The van der Waals surface area contributed by atoms with Gasteiger partial charge in [0.1, 0.15) is 6.54 Å². The first kappa shape index (κ1) is 12.6. The van der Waals surface area contributed by atoms with Gasteiger partial charge in [-0.1, -0.05) is 0 Å². The standard InChI is InChI=1S/C13H20N4O2/c14-13(9-3-4-19-7-9)11-5-15-8-17(11)6-12(18)16-10-1-2-10/h5,8-10,13H,1-4,6-7,14H2,(H,16,18). The van der Waals surface area contributed by atoms with E-state index in [4.69, 9.17) is 10.5 Å². The Morgan fingerprint density at radius 1 is 1.58 bits per heavy atom. The molecule has 2 aliphatic rings. The Kier molecular flexibility index (Phi) is 3.52. The lowest BCUT2D eigenvalue weighted by molar-refractivity contribution is -0.121. The number of carbonyl (C=O) groups is 1. The highest BCUT2D eigenvalue weighted by Gasteiger charge is 2.27. The number of hydrogen-bond donors (Lipinski definition) is 2. The van der Waals surface area contributed by atoms with E-state index in [1.165, 1.54) is 0 Å². The third-order valence-corrected chi connectivity index (χ3v) is 3.82. The van der Waals surface area contributed by atoms with Crippen molar-refractivity contribution in [3.8, 4) is 0 Å². The van der Waals surface area contributed by atoms with E-state index >= 15 is 0 Å². The molecule has 1 aromatic rings. The highest BCUT2D eigenvalue weighted by atomic mass is 16.5. The SMILES string of the molecule is NC(c1cncn1CC(=O)NC1CC1)C1CCOC1. The zero-order chi connectivity index (χ0) is 13.2. The molecule has 2 atom stereocenters. The Hall–Kier alpha value is -1.40. The maximum Gasteiger partial charge on any atom is 0.240 e. The van der Waals surface area contributed by atoms with Gasteiger partial charge in [0.2, 0.25) is 5.91 Å². The molecular formula is C13H20N4O2. The van der Waals surface area contributed by atoms with Gasteiger partial charge in [0, 0.05) is 24.8 Å². The van der Waals surface area contributed by atoms with Crippen molar-refractivity contribution in [2.24, 2.45) is 11.7 Å². The van der Waals surface area contributed by atoms with Crippen LogP contribution in [0.4, 0.5) is 0 Å². The average Bonchev–Trinajstić information content (AvgIpc) is 2.91. The second-order valence-corrected chi connectivity index (χ2v) is 5.44. The van der Waals surface area contributed by atoms with Crippen LogP contribution in [0.3, 0.4) is 0 Å². The molecule has 1 aliphatic carbocycles. The fourth-order valence-corrected chi connectivity index (χ4v) is 2.47. The number of nitrogens with zero attached hydrogens (tertiary/aromatic N) is 2. The molecule has 0 spiro atoms. The average molecular weight is 264 g/mol. The molecule has 1 saturated heterocycles. The molecule has 1 aliphatic heterocycles. The number of aromatic nitrogens is 2. The van der Waals surface area contributed by atoms with Gasteiger partial charge in [-0.3, -0.25) is 4.79 Å². The van der Waals surface area contributed by atoms with Crippen LogP contribution in [-0.4, -0.2) is 34.7 Å². The van der Waals surface area contributed by atoms with Crippen molar-refractivity contribution in [2.45, 2.75) is 37.9 Å². The van der Waals surface area contributed by atoms with Crippen molar-refractivity contribution in [1.82, 2.24) is 14.9 Å². The Labute approximate surface area is 112 Å². The summed E-state index contributed by atoms with van der Waals surface area (Å²) in [5.74, 6) is 0.360. The second kappa shape index (κ2) is 5.30. The van der Waals surface area contributed by atoms with Gasteiger partial charge in [-0.05, 0) is 19.3 Å². The number of amides is 1. The molecule has 2 unspecified atom stereocenters. The largest absolute Gasteiger partial charge is 0.381 e. The molecule has 1 amide bonds. The van der Waals surface area contributed by atoms with Crippen LogP contribution < -0.4 is 11.1 Å². The third-order valence-electron chi connectivity index (χ3n) is 3.82. The van der Waals surface area contributed by atoms with E-state index in [9.17, 15) is 4.79 Å². The molecule has 0 radical (unpaired) electrons. The van der Waals surface area contributed by atoms with Crippen LogP contribution in [0.25, 0.3) is 0 Å². The summed E-state index contributed by atoms with van der Waals surface area (Å²) in [6.07, 6.45) is 6.61. The summed E-state index contributed by atoms with van der Waals surface area (Å²) in [7, 11) is 0. The number of carbonyl (C=O) groups excluding carboxylic acids is 1. The fourth-order valence-electron chi connectivity index (χ4n) is 2.47. The maximum atomic E-state index is 11.8. The Morgan fingerprint density at radius 2 is 2.42 bits per heavy atom. The van der Waals surface area contributed by atoms with E-state index in [0.29, 0.717) is 25.1 Å². The monoisotopic (exact) mass is 264 g/mol. The van der Waals surface area contributed by atoms with E-state index in [1.807, 2.05) is 4.57 Å². The van der Waals surface area contributed by atoms with Gasteiger partial charge in [0.15, 0.2) is 0 Å². The smallest absolute Gasteiger partial charge is 0.240 e. The first-order valence-corrected chi connectivity index (χ1v) is 6.87. The van der Waals surface area contributed by atoms with Crippen LogP contribution in [0.1, 0.15) is 31.0 Å². The van der Waals surface area contributed by atoms with E-state index in [0.717, 1.165) is 31.6 Å². The zero-order valence-electron chi connectivity index (χ0n) is 10.9. The van der Waals surface area contributed by atoms with Crippen molar-refractivity contribution < 1.29 is 9.53 Å². The van der Waals surface area contributed by atoms with Gasteiger partial charge in [-0.2, -0.15) is 0 Å². The third kappa shape index (κ3) is 2.96. The number of nitrogens with one attached hydrogen (secondary N) is 1. The van der Waals surface area contributed by atoms with Crippen molar-refractivity contribution >= 4 is 5.91 Å². The molecule has 1 saturated carbocycles. The topological polar surface area (TPSA) is 82.2 Å². The number of nitrogens with two attached hydrogens (primary N) is 1. The number of hydrogen-bond acceptors (Lipinski definition) is 4. The highest BCUT2D eigenvalue weighted by Crippen LogP contribution is 2.26. The van der Waals surface area contributed by atoms with Gasteiger partial charge >= 0.3 is 0 Å². The molecule has 2 fully saturated rings. The summed E-state index contributed by atoms with van der Waals surface area (Å²) >= 11 is 0. The summed E-state index contributed by atoms with van der Waals surface area (Å²) in [6.45, 7) is 1.77. The highest BCUT2D eigenvalue weighted by molar-refractivity contribution is 5.76. The van der Waals surface area contributed by atoms with Crippen molar-refractivity contribution in [2.75, 3.05) is 13.2 Å². The fraction of sp³-hybridized carbons (Fsp3) is 0.692. The molecule has 3 N–H and O–H groups in total. The molecule has 2 heterocycles. The normalized spacial score (nSPS) is 24.4. The van der Waals surface area contributed by atoms with Crippen LogP contribution in [0.5, 0.6) is 0 Å². The lowest BCUT2D eigenvalue weighted by Gasteiger charge is -2.19. The van der Waals surface area contributed by atoms with Gasteiger partial charge in [0.05, 0.1) is 24.7 Å². The van der Waals surface area contributed by atoms with Crippen LogP contribution in [0.15, 0.2) is 12.5 Å². The minimum Gasteiger partial charge on any atom is -0.381 e. The maximum absolute atomic E-state index is 11.8. The quantitative estimate of drug-likeness (QED) is 0.796. The lowest BCUT2D eigenvalue weighted by atomic mass is 9.97. The minimum atomic E-state index is -0.112. The molecule has 104 valence electrons. The van der Waals surface area contributed by atoms with E-state index in [2.05, 4.69) is 10.3 Å². The molecule has 0 aromatic carbocycles. The second-order valence-electron chi connectivity index (χ2n) is 5.44. The van der Waals surface area contributed by atoms with Crippen LogP contribution >= 0.6 is 0 Å². The number of imidazole rings is 1. The molecule has 19 heavy (non-hydrogen) atoms. The van der Waals surface area contributed by atoms with Crippen LogP contribution in [0.2, 0.25) is 0 Å². The van der Waals surface area contributed by atoms with E-state index < -0.39 is 0 Å². The van der Waals surface area contributed by atoms with Crippen LogP contribution in [0, 0.1) is 5.92 Å². The zero-order valence-corrected chi connectivity index (χ0v) is 10.9. The van der Waals surface area contributed by atoms with Crippen molar-refractivity contribution in [1.29, 1.82) is 0 Å². The molecule has 6 nitrogen and oxygen atoms in total. The van der Waals surface area contributed by atoms with Gasteiger partial charge in [0.25, 0.3) is 0 Å². The van der Waals surface area contributed by atoms with Gasteiger partial charge in [-0.15, -0.1) is 0 Å². The first-order chi connectivity index (χ1) is 9.24. The van der Waals surface area contributed by atoms with Gasteiger partial charge in [-0.25, -0.2) is 4.98 Å². The minimum absolute atomic E-state index is 0.0385. The summed E-state index contributed by atoms with van der Waals surface area (Å²) in [5.41, 5.74) is 7.18. The Balaban J connectivity index is 1.64. The Bertz CT molecular complexity index is 449. The number of ether oxygens (including phenoxy) is 1. The summed E-state index contributed by atoms with van der Waals surface area (Å²) in [4.78, 5) is 16.0. The van der Waals surface area contributed by atoms with E-state index in [-0.39, 0.29) is 11.9 Å². The predicted octanol–water partition coefficient (Wildman–Crippen LogP) is 0.198. The van der Waals surface area contributed by atoms with Crippen molar-refractivity contribution in [3.63, 3.8) is 0 Å². The summed E-state index contributed by atoms with van der Waals surface area (Å²) in [6, 6.07) is 0.273. The summed E-state index contributed by atoms with van der Waals surface area (Å²) in [5, 5.41) is 2.97. The molecule has 3 rings (SSSR count). The van der Waals surface area contributed by atoms with Gasteiger partial charge < -0.3 is 20.4 Å². The van der Waals surface area contributed by atoms with Crippen LogP contribution in [-0.2, 0) is 16.1 Å². The molecule has 6 heteroatoms. The Morgan fingerprint density at radius 3 is 3.11 bits per heavy atom. The summed E-state index contributed by atoms with van der Waals surface area (Å²) < 4.78 is 7.22. The molecular weight excluding hydrogens is 244 g/mol. The first-order valence-electron chi connectivity index (χ1n) is 6.87. The van der Waals surface area contributed by atoms with E-state index in [1.54, 1.807) is 12.5 Å². The number of rotatable bonds is 5. The lowest BCUT2D eigenvalue weighted by Crippen LogP contribution is -2.31. The molecule has 0 bridgehead atoms. The van der Waals surface area contributed by atoms with Crippen molar-refractivity contribution in [3.05, 3.63) is 18.2 Å².